The summed E-state index contributed by atoms with van der Waals surface area (Å²) >= 11 is 6.16. The van der Waals surface area contributed by atoms with Crippen LogP contribution < -0.4 is 21.1 Å². The van der Waals surface area contributed by atoms with Gasteiger partial charge in [-0.25, -0.2) is 0 Å². The first-order chi connectivity index (χ1) is 11.5. The van der Waals surface area contributed by atoms with Gasteiger partial charge in [0, 0.05) is 17.5 Å². The predicted octanol–water partition coefficient (Wildman–Crippen LogP) is 2.57. The zero-order valence-corrected chi connectivity index (χ0v) is 15.2. The molecule has 0 atom stereocenters. The molecule has 0 aromatic heterocycles. The minimum atomic E-state index is -0.702. The average Bonchev–Trinajstić information content (AvgIpc) is 2.53. The van der Waals surface area contributed by atoms with Gasteiger partial charge in [0.15, 0.2) is 0 Å². The van der Waals surface area contributed by atoms with Gasteiger partial charge in [0.2, 0.25) is 5.91 Å². The monoisotopic (exact) mass is 359 g/mol. The number of hydrogen-bond acceptors (Lipinski definition) is 5. The number of rotatable bonds is 4. The van der Waals surface area contributed by atoms with Crippen molar-refractivity contribution < 1.29 is 4.79 Å². The molecule has 6 nitrogen and oxygen atoms in total. The van der Waals surface area contributed by atoms with E-state index in [1.54, 1.807) is 12.1 Å². The van der Waals surface area contributed by atoms with Crippen molar-refractivity contribution in [1.82, 2.24) is 0 Å². The summed E-state index contributed by atoms with van der Waals surface area (Å²) in [7, 11) is 0. The topological polar surface area (TPSA) is 90.3 Å². The minimum Gasteiger partial charge on any atom is -0.375 e. The summed E-state index contributed by atoms with van der Waals surface area (Å²) in [5.41, 5.74) is -0.622. The van der Waals surface area contributed by atoms with Gasteiger partial charge < -0.3 is 10.2 Å². The molecule has 7 heteroatoms. The summed E-state index contributed by atoms with van der Waals surface area (Å²) in [6.07, 6.45) is 0. The standard InChI is InChI=1S/C18H18ClN3O3/c1-10(23)22(9-12-6-5-11(8-20)7-13(12)19)15-14(16(24)17(15)25)21-18(2,3)4/h5-7,21H,9H2,1-4H3. The second kappa shape index (κ2) is 6.69. The van der Waals surface area contributed by atoms with Crippen LogP contribution in [0.15, 0.2) is 27.8 Å². The van der Waals surface area contributed by atoms with E-state index in [9.17, 15) is 14.4 Å². The second-order valence-corrected chi connectivity index (χ2v) is 7.19. The fraction of sp³-hybridized carbons (Fsp3) is 0.333. The molecule has 0 saturated heterocycles. The molecule has 25 heavy (non-hydrogen) atoms. The molecule has 2 aromatic rings. The van der Waals surface area contributed by atoms with Gasteiger partial charge in [0.1, 0.15) is 11.4 Å². The van der Waals surface area contributed by atoms with Crippen LogP contribution in [0.1, 0.15) is 38.8 Å². The molecule has 0 aliphatic heterocycles. The van der Waals surface area contributed by atoms with E-state index in [0.717, 1.165) is 0 Å². The Balaban J connectivity index is 2.43. The summed E-state index contributed by atoms with van der Waals surface area (Å²) < 4.78 is 0. The van der Waals surface area contributed by atoms with E-state index in [2.05, 4.69) is 5.32 Å². The number of hydrogen-bond donors (Lipinski definition) is 1. The van der Waals surface area contributed by atoms with Crippen molar-refractivity contribution in [2.24, 2.45) is 0 Å². The predicted molar refractivity (Wildman–Crippen MR) is 97.8 cm³/mol. The van der Waals surface area contributed by atoms with E-state index in [1.165, 1.54) is 17.9 Å². The van der Waals surface area contributed by atoms with Crippen molar-refractivity contribution >= 4 is 28.9 Å². The lowest BCUT2D eigenvalue weighted by Gasteiger charge is -2.29. The van der Waals surface area contributed by atoms with Gasteiger partial charge in [0.05, 0.1) is 18.2 Å². The third-order valence-corrected chi connectivity index (χ3v) is 3.90. The molecule has 2 aromatic carbocycles. The maximum Gasteiger partial charge on any atom is 0.253 e. The minimum absolute atomic E-state index is 0.0313. The largest absolute Gasteiger partial charge is 0.375 e. The van der Waals surface area contributed by atoms with E-state index in [4.69, 9.17) is 16.9 Å². The van der Waals surface area contributed by atoms with Crippen LogP contribution in [-0.4, -0.2) is 11.4 Å². The Hall–Kier alpha value is -2.65. The van der Waals surface area contributed by atoms with E-state index in [0.29, 0.717) is 16.1 Å². The zero-order valence-electron chi connectivity index (χ0n) is 14.4. The molecule has 0 unspecified atom stereocenters. The molecule has 0 radical (unpaired) electrons. The van der Waals surface area contributed by atoms with Crippen LogP contribution in [0.2, 0.25) is 5.02 Å². The molecular weight excluding hydrogens is 342 g/mol. The molecule has 130 valence electrons. The van der Waals surface area contributed by atoms with Crippen LogP contribution in [0.5, 0.6) is 0 Å². The molecule has 0 spiro atoms. The summed E-state index contributed by atoms with van der Waals surface area (Å²) in [4.78, 5) is 37.3. The smallest absolute Gasteiger partial charge is 0.253 e. The molecule has 1 N–H and O–H groups in total. The molecule has 0 bridgehead atoms. The van der Waals surface area contributed by atoms with E-state index in [1.807, 2.05) is 26.8 Å². The lowest BCUT2D eigenvalue weighted by Crippen LogP contribution is -2.46. The fourth-order valence-electron chi connectivity index (χ4n) is 2.39. The van der Waals surface area contributed by atoms with E-state index >= 15 is 0 Å². The SMILES string of the molecule is CC(=O)N(Cc1ccc(C#N)cc1Cl)c1c(NC(C)(C)C)c(=O)c1=O. The normalized spacial score (nSPS) is 11.2. The van der Waals surface area contributed by atoms with Crippen molar-refractivity contribution in [3.63, 3.8) is 0 Å². The molecular formula is C18H18ClN3O3. The highest BCUT2D eigenvalue weighted by Crippen LogP contribution is 2.27. The van der Waals surface area contributed by atoms with Crippen LogP contribution in [0, 0.1) is 11.3 Å². The molecule has 0 aliphatic carbocycles. The van der Waals surface area contributed by atoms with Gasteiger partial charge in [-0.1, -0.05) is 17.7 Å². The summed E-state index contributed by atoms with van der Waals surface area (Å²) in [6.45, 7) is 6.90. The van der Waals surface area contributed by atoms with Crippen LogP contribution in [0.3, 0.4) is 0 Å². The first-order valence-corrected chi connectivity index (χ1v) is 8.01. The Morgan fingerprint density at radius 1 is 1.28 bits per heavy atom. The molecule has 0 saturated carbocycles. The highest BCUT2D eigenvalue weighted by molar-refractivity contribution is 6.31. The van der Waals surface area contributed by atoms with E-state index in [-0.39, 0.29) is 23.8 Å². The average molecular weight is 360 g/mol. The number of benzene rings is 1. The Kier molecular flexibility index (Phi) is 5.00. The molecule has 0 aliphatic rings. The van der Waals surface area contributed by atoms with E-state index < -0.39 is 16.4 Å². The first-order valence-electron chi connectivity index (χ1n) is 7.63. The summed E-state index contributed by atoms with van der Waals surface area (Å²) in [5, 5.41) is 12.2. The Morgan fingerprint density at radius 3 is 2.40 bits per heavy atom. The van der Waals surface area contributed by atoms with Gasteiger partial charge in [-0.15, -0.1) is 0 Å². The second-order valence-electron chi connectivity index (χ2n) is 6.78. The fourth-order valence-corrected chi connectivity index (χ4v) is 2.63. The van der Waals surface area contributed by atoms with Crippen molar-refractivity contribution in [3.8, 4) is 6.07 Å². The maximum absolute atomic E-state index is 12.1. The van der Waals surface area contributed by atoms with Crippen LogP contribution in [0.4, 0.5) is 11.4 Å². The number of nitrogens with one attached hydrogen (secondary N) is 1. The lowest BCUT2D eigenvalue weighted by molar-refractivity contribution is -0.116. The maximum atomic E-state index is 12.1. The lowest BCUT2D eigenvalue weighted by atomic mass is 10.0. The molecule has 2 rings (SSSR count). The highest BCUT2D eigenvalue weighted by Gasteiger charge is 2.30. The Morgan fingerprint density at radius 2 is 1.92 bits per heavy atom. The number of carbonyl (C=O) groups is 1. The summed E-state index contributed by atoms with van der Waals surface area (Å²) in [6, 6.07) is 6.67. The van der Waals surface area contributed by atoms with Crippen molar-refractivity contribution in [2.75, 3.05) is 10.2 Å². The van der Waals surface area contributed by atoms with Crippen molar-refractivity contribution in [2.45, 2.75) is 39.8 Å². The van der Waals surface area contributed by atoms with Gasteiger partial charge >= 0.3 is 0 Å². The molecule has 0 fully saturated rings. The Labute approximate surface area is 150 Å². The van der Waals surface area contributed by atoms with Crippen LogP contribution in [0.25, 0.3) is 0 Å². The number of halogens is 1. The van der Waals surface area contributed by atoms with Crippen LogP contribution >= 0.6 is 11.6 Å². The molecule has 1 amide bonds. The van der Waals surface area contributed by atoms with Crippen LogP contribution in [-0.2, 0) is 11.3 Å². The molecule has 0 heterocycles. The van der Waals surface area contributed by atoms with Gasteiger partial charge in [-0.05, 0) is 38.5 Å². The van der Waals surface area contributed by atoms with Crippen molar-refractivity contribution in [3.05, 3.63) is 54.8 Å². The number of anilines is 2. The Bertz CT molecular complexity index is 944. The summed E-state index contributed by atoms with van der Waals surface area (Å²) in [5.74, 6) is -0.385. The number of nitrogens with zero attached hydrogens (tertiary/aromatic N) is 2. The van der Waals surface area contributed by atoms with Gasteiger partial charge in [0.25, 0.3) is 10.9 Å². The quantitative estimate of drug-likeness (QED) is 0.847. The van der Waals surface area contributed by atoms with Gasteiger partial charge in [-0.2, -0.15) is 5.26 Å². The third kappa shape index (κ3) is 3.89. The highest BCUT2D eigenvalue weighted by atomic mass is 35.5. The number of carbonyl (C=O) groups excluding carboxylic acids is 1. The first kappa shape index (κ1) is 18.7. The number of nitriles is 1. The number of amides is 1. The van der Waals surface area contributed by atoms with Gasteiger partial charge in [-0.3, -0.25) is 14.4 Å². The third-order valence-electron chi connectivity index (χ3n) is 3.55. The van der Waals surface area contributed by atoms with Crippen molar-refractivity contribution in [1.29, 1.82) is 5.26 Å². The zero-order chi connectivity index (χ0) is 18.9.